The summed E-state index contributed by atoms with van der Waals surface area (Å²) in [7, 11) is 0. The Morgan fingerprint density at radius 2 is 2.19 bits per heavy atom. The zero-order valence-corrected chi connectivity index (χ0v) is 15.0. The van der Waals surface area contributed by atoms with Crippen LogP contribution in [0.2, 0.25) is 0 Å². The molecule has 1 spiro atoms. The number of rotatable bonds is 5. The zero-order valence-electron chi connectivity index (χ0n) is 15.0. The van der Waals surface area contributed by atoms with Gasteiger partial charge in [-0.2, -0.15) is 0 Å². The monoisotopic (exact) mass is 371 g/mol. The molecule has 0 radical (unpaired) electrons. The smallest absolute Gasteiger partial charge is 0.257 e. The number of benzene rings is 1. The van der Waals surface area contributed by atoms with Crippen LogP contribution in [0.1, 0.15) is 29.6 Å². The van der Waals surface area contributed by atoms with Gasteiger partial charge in [0.1, 0.15) is 11.4 Å². The van der Waals surface area contributed by atoms with E-state index in [9.17, 15) is 9.18 Å². The molecule has 1 aromatic carbocycles. The molecule has 7 heteroatoms. The van der Waals surface area contributed by atoms with Gasteiger partial charge in [-0.25, -0.2) is 9.37 Å². The predicted octanol–water partition coefficient (Wildman–Crippen LogP) is 2.71. The molecule has 142 valence electrons. The number of carbonyl (C=O) groups excluding carboxylic acids is 1. The van der Waals surface area contributed by atoms with Crippen molar-refractivity contribution in [3.63, 3.8) is 0 Å². The fourth-order valence-corrected chi connectivity index (χ4v) is 3.88. The molecule has 0 aliphatic carbocycles. The lowest BCUT2D eigenvalue weighted by Crippen LogP contribution is -2.66. The molecule has 6 nitrogen and oxygen atoms in total. The number of nitrogens with zero attached hydrogens (tertiary/aromatic N) is 3. The summed E-state index contributed by atoms with van der Waals surface area (Å²) < 4.78 is 25.5. The van der Waals surface area contributed by atoms with Crippen molar-refractivity contribution in [3.8, 4) is 5.88 Å². The summed E-state index contributed by atoms with van der Waals surface area (Å²) in [5.74, 6) is 0.258. The number of halogens is 1. The van der Waals surface area contributed by atoms with Gasteiger partial charge in [0.2, 0.25) is 5.88 Å². The number of ether oxygens (including phenoxy) is 2. The third kappa shape index (κ3) is 3.93. The average Bonchev–Trinajstić information content (AvgIpc) is 2.67. The molecule has 4 rings (SSSR count). The minimum atomic E-state index is -0.480. The Bertz CT molecular complexity index is 796. The van der Waals surface area contributed by atoms with Crippen molar-refractivity contribution >= 4 is 5.91 Å². The number of carbonyl (C=O) groups is 1. The van der Waals surface area contributed by atoms with Crippen molar-refractivity contribution in [1.82, 2.24) is 14.9 Å². The Kier molecular flexibility index (Phi) is 5.03. The van der Waals surface area contributed by atoms with E-state index < -0.39 is 5.82 Å². The van der Waals surface area contributed by atoms with E-state index in [0.717, 1.165) is 19.3 Å². The second kappa shape index (κ2) is 7.60. The van der Waals surface area contributed by atoms with Crippen LogP contribution in [0, 0.1) is 11.7 Å². The van der Waals surface area contributed by atoms with Gasteiger partial charge in [-0.3, -0.25) is 9.78 Å². The van der Waals surface area contributed by atoms with E-state index in [1.165, 1.54) is 12.1 Å². The Morgan fingerprint density at radius 3 is 2.96 bits per heavy atom. The summed E-state index contributed by atoms with van der Waals surface area (Å²) in [6, 6.07) is 6.10. The van der Waals surface area contributed by atoms with Gasteiger partial charge in [0.05, 0.1) is 31.5 Å². The van der Waals surface area contributed by atoms with Gasteiger partial charge in [-0.15, -0.1) is 0 Å². The molecule has 0 N–H and O–H groups in total. The van der Waals surface area contributed by atoms with E-state index in [1.54, 1.807) is 35.6 Å². The Hall–Kier alpha value is -2.54. The molecule has 27 heavy (non-hydrogen) atoms. The van der Waals surface area contributed by atoms with Crippen molar-refractivity contribution in [2.24, 2.45) is 5.92 Å². The highest BCUT2D eigenvalue weighted by Crippen LogP contribution is 2.38. The minimum Gasteiger partial charge on any atom is -0.477 e. The molecule has 2 aliphatic rings. The van der Waals surface area contributed by atoms with Crippen molar-refractivity contribution < 1.29 is 18.7 Å². The average molecular weight is 371 g/mol. The summed E-state index contributed by atoms with van der Waals surface area (Å²) in [4.78, 5) is 22.2. The van der Waals surface area contributed by atoms with Crippen LogP contribution in [0.5, 0.6) is 5.88 Å². The molecule has 0 bridgehead atoms. The maximum absolute atomic E-state index is 13.8. The highest BCUT2D eigenvalue weighted by molar-refractivity contribution is 5.95. The number of likely N-dealkylation sites (tertiary alicyclic amines) is 1. The number of aromatic nitrogens is 2. The molecule has 1 aromatic heterocycles. The van der Waals surface area contributed by atoms with Gasteiger partial charge in [0.15, 0.2) is 0 Å². The molecule has 2 saturated heterocycles. The third-order valence-corrected chi connectivity index (χ3v) is 5.26. The number of amides is 1. The van der Waals surface area contributed by atoms with E-state index >= 15 is 0 Å². The van der Waals surface area contributed by atoms with Crippen molar-refractivity contribution in [2.75, 3.05) is 26.3 Å². The standard InChI is InChI=1S/C20H22FN3O3/c21-17-4-2-1-3-16(17)19(25)24-13-20(14-24)11-15(6-10-27-20)5-9-26-18-12-22-7-8-23-18/h1-4,7-8,12,15H,5-6,9-11,13-14H2/t15-/m0/s1. The highest BCUT2D eigenvalue weighted by Gasteiger charge is 2.49. The second-order valence-corrected chi connectivity index (χ2v) is 7.21. The van der Waals surface area contributed by atoms with Gasteiger partial charge in [0, 0.05) is 19.0 Å². The zero-order chi connectivity index (χ0) is 18.7. The molecule has 0 saturated carbocycles. The van der Waals surface area contributed by atoms with E-state index in [-0.39, 0.29) is 17.1 Å². The molecule has 0 unspecified atom stereocenters. The van der Waals surface area contributed by atoms with Gasteiger partial charge < -0.3 is 14.4 Å². The summed E-state index contributed by atoms with van der Waals surface area (Å²) in [6.07, 6.45) is 7.59. The van der Waals surface area contributed by atoms with Crippen molar-refractivity contribution in [2.45, 2.75) is 24.9 Å². The van der Waals surface area contributed by atoms with Crippen LogP contribution in [0.25, 0.3) is 0 Å². The molecular weight excluding hydrogens is 349 g/mol. The van der Waals surface area contributed by atoms with Crippen LogP contribution in [-0.2, 0) is 4.74 Å². The summed E-state index contributed by atoms with van der Waals surface area (Å²) in [6.45, 7) is 2.29. The SMILES string of the molecule is O=C(c1ccccc1F)N1CC2(C[C@@H](CCOc3cnccn3)CCO2)C1. The maximum Gasteiger partial charge on any atom is 0.257 e. The third-order valence-electron chi connectivity index (χ3n) is 5.26. The summed E-state index contributed by atoms with van der Waals surface area (Å²) in [5.41, 5.74) is -0.173. The van der Waals surface area contributed by atoms with E-state index in [4.69, 9.17) is 9.47 Å². The van der Waals surface area contributed by atoms with Crippen molar-refractivity contribution in [1.29, 1.82) is 0 Å². The largest absolute Gasteiger partial charge is 0.477 e. The molecule has 1 atom stereocenters. The molecule has 2 fully saturated rings. The first-order valence-corrected chi connectivity index (χ1v) is 9.22. The quantitative estimate of drug-likeness (QED) is 0.809. The molecule has 1 amide bonds. The van der Waals surface area contributed by atoms with Crippen LogP contribution >= 0.6 is 0 Å². The van der Waals surface area contributed by atoms with E-state index in [0.29, 0.717) is 38.1 Å². The van der Waals surface area contributed by atoms with Crippen LogP contribution < -0.4 is 4.74 Å². The van der Waals surface area contributed by atoms with Crippen LogP contribution in [0.15, 0.2) is 42.9 Å². The predicted molar refractivity (Wildman–Crippen MR) is 95.9 cm³/mol. The van der Waals surface area contributed by atoms with Gasteiger partial charge >= 0.3 is 0 Å². The normalized spacial score (nSPS) is 20.9. The van der Waals surface area contributed by atoms with Crippen LogP contribution in [0.4, 0.5) is 4.39 Å². The molecule has 2 aromatic rings. The lowest BCUT2D eigenvalue weighted by molar-refractivity contribution is -0.166. The van der Waals surface area contributed by atoms with Gasteiger partial charge in [-0.1, -0.05) is 12.1 Å². The lowest BCUT2D eigenvalue weighted by Gasteiger charge is -2.53. The molecular formula is C20H22FN3O3. The fourth-order valence-electron chi connectivity index (χ4n) is 3.88. The first kappa shape index (κ1) is 17.9. The van der Waals surface area contributed by atoms with Gasteiger partial charge in [0.25, 0.3) is 5.91 Å². The number of hydrogen-bond acceptors (Lipinski definition) is 5. The maximum atomic E-state index is 13.8. The Morgan fingerprint density at radius 1 is 1.33 bits per heavy atom. The fraction of sp³-hybridized carbons (Fsp3) is 0.450. The van der Waals surface area contributed by atoms with Crippen LogP contribution in [0.3, 0.4) is 0 Å². The van der Waals surface area contributed by atoms with E-state index in [2.05, 4.69) is 9.97 Å². The van der Waals surface area contributed by atoms with E-state index in [1.807, 2.05) is 0 Å². The van der Waals surface area contributed by atoms with Gasteiger partial charge in [-0.05, 0) is 37.3 Å². The van der Waals surface area contributed by atoms with Crippen molar-refractivity contribution in [3.05, 3.63) is 54.2 Å². The van der Waals surface area contributed by atoms with Crippen LogP contribution in [-0.4, -0.2) is 52.7 Å². The summed E-state index contributed by atoms with van der Waals surface area (Å²) >= 11 is 0. The first-order chi connectivity index (χ1) is 13.2. The summed E-state index contributed by atoms with van der Waals surface area (Å²) in [5, 5.41) is 0. The first-order valence-electron chi connectivity index (χ1n) is 9.22. The topological polar surface area (TPSA) is 64.6 Å². The highest BCUT2D eigenvalue weighted by atomic mass is 19.1. The molecule has 2 aliphatic heterocycles. The Balaban J connectivity index is 1.28. The number of hydrogen-bond donors (Lipinski definition) is 0. The second-order valence-electron chi connectivity index (χ2n) is 7.21. The molecule has 3 heterocycles. The lowest BCUT2D eigenvalue weighted by atomic mass is 9.79. The Labute approximate surface area is 157 Å². The minimum absolute atomic E-state index is 0.122.